The highest BCUT2D eigenvalue weighted by Crippen LogP contribution is 2.15. The van der Waals surface area contributed by atoms with Crippen molar-refractivity contribution in [3.8, 4) is 0 Å². The third-order valence-electron chi connectivity index (χ3n) is 3.33. The predicted molar refractivity (Wildman–Crippen MR) is 85.8 cm³/mol. The van der Waals surface area contributed by atoms with Crippen molar-refractivity contribution < 1.29 is 8.98 Å². The maximum absolute atomic E-state index is 5.93. The number of aromatic nitrogens is 1. The summed E-state index contributed by atoms with van der Waals surface area (Å²) in [5.41, 5.74) is 3.12. The number of hydrogen-bond donors (Lipinski definition) is 1. The second kappa shape index (κ2) is 6.27. The highest BCUT2D eigenvalue weighted by Gasteiger charge is 2.18. The molecule has 0 unspecified atom stereocenters. The zero-order chi connectivity index (χ0) is 14.5. The highest BCUT2D eigenvalue weighted by atomic mass is 16.3. The van der Waals surface area contributed by atoms with E-state index >= 15 is 0 Å². The molecule has 3 rings (SSSR count). The van der Waals surface area contributed by atoms with E-state index in [9.17, 15) is 0 Å². The van der Waals surface area contributed by atoms with Crippen molar-refractivity contribution in [3.63, 3.8) is 0 Å². The van der Waals surface area contributed by atoms with Crippen molar-refractivity contribution in [2.45, 2.75) is 19.9 Å². The molecule has 106 valence electrons. The van der Waals surface area contributed by atoms with Crippen LogP contribution in [0.25, 0.3) is 17.2 Å². The zero-order valence-corrected chi connectivity index (χ0v) is 12.1. The molecule has 3 heteroatoms. The fraction of sp³-hybridized carbons (Fsp3) is 0.167. The number of rotatable bonds is 5. The molecule has 0 spiro atoms. The number of aryl methyl sites for hydroxylation is 1. The Morgan fingerprint density at radius 1 is 1.05 bits per heavy atom. The topological polar surface area (TPSA) is 29.1 Å². The van der Waals surface area contributed by atoms with Gasteiger partial charge in [-0.3, -0.25) is 0 Å². The summed E-state index contributed by atoms with van der Waals surface area (Å²) in [5.74, 6) is 0.862. The van der Waals surface area contributed by atoms with Gasteiger partial charge in [0.2, 0.25) is 5.58 Å². The predicted octanol–water partition coefficient (Wildman–Crippen LogP) is 4.21. The number of nitrogens with zero attached hydrogens (tertiary/aromatic N) is 1. The van der Waals surface area contributed by atoms with E-state index in [4.69, 9.17) is 4.42 Å². The molecule has 1 aromatic heterocycles. The first-order valence-corrected chi connectivity index (χ1v) is 7.28. The molecule has 1 heterocycles. The SMILES string of the molecule is CCC[n+]1c(/C=C/Nc2ccccc2)oc2ccccc21. The van der Waals surface area contributed by atoms with Crippen LogP contribution in [0.3, 0.4) is 0 Å². The molecule has 0 amide bonds. The van der Waals surface area contributed by atoms with Crippen LogP contribution in [0.15, 0.2) is 65.2 Å². The van der Waals surface area contributed by atoms with Gasteiger partial charge in [0.1, 0.15) is 0 Å². The minimum Gasteiger partial charge on any atom is -0.398 e. The van der Waals surface area contributed by atoms with Crippen LogP contribution in [-0.4, -0.2) is 0 Å². The van der Waals surface area contributed by atoms with Gasteiger partial charge in [-0.1, -0.05) is 37.3 Å². The fourth-order valence-electron chi connectivity index (χ4n) is 2.37. The van der Waals surface area contributed by atoms with Crippen molar-refractivity contribution in [3.05, 3.63) is 66.7 Å². The third-order valence-corrected chi connectivity index (χ3v) is 3.33. The average molecular weight is 279 g/mol. The number of benzene rings is 2. The maximum Gasteiger partial charge on any atom is 0.375 e. The quantitative estimate of drug-likeness (QED) is 0.709. The summed E-state index contributed by atoms with van der Waals surface area (Å²) < 4.78 is 8.13. The molecule has 0 aliphatic rings. The van der Waals surface area contributed by atoms with E-state index in [-0.39, 0.29) is 0 Å². The molecule has 0 aliphatic heterocycles. The van der Waals surface area contributed by atoms with Gasteiger partial charge < -0.3 is 9.73 Å². The molecule has 1 N–H and O–H groups in total. The van der Waals surface area contributed by atoms with Gasteiger partial charge >= 0.3 is 5.89 Å². The average Bonchev–Trinajstić information content (AvgIpc) is 2.87. The summed E-state index contributed by atoms with van der Waals surface area (Å²) in [5, 5.41) is 3.25. The fourth-order valence-corrected chi connectivity index (χ4v) is 2.37. The summed E-state index contributed by atoms with van der Waals surface area (Å²) in [6.07, 6.45) is 4.96. The molecule has 21 heavy (non-hydrogen) atoms. The van der Waals surface area contributed by atoms with E-state index < -0.39 is 0 Å². The Morgan fingerprint density at radius 2 is 1.81 bits per heavy atom. The lowest BCUT2D eigenvalue weighted by molar-refractivity contribution is -0.678. The van der Waals surface area contributed by atoms with Gasteiger partial charge in [-0.2, -0.15) is 4.57 Å². The van der Waals surface area contributed by atoms with Gasteiger partial charge in [0.05, 0.1) is 6.08 Å². The summed E-state index contributed by atoms with van der Waals surface area (Å²) >= 11 is 0. The monoisotopic (exact) mass is 279 g/mol. The van der Waals surface area contributed by atoms with E-state index in [0.717, 1.165) is 35.6 Å². The first kappa shape index (κ1) is 13.4. The van der Waals surface area contributed by atoms with E-state index in [1.807, 2.05) is 60.8 Å². The molecular weight excluding hydrogens is 260 g/mol. The van der Waals surface area contributed by atoms with Gasteiger partial charge in [-0.25, -0.2) is 0 Å². The first-order chi connectivity index (χ1) is 10.4. The Labute approximate surface area is 124 Å². The third kappa shape index (κ3) is 2.97. The van der Waals surface area contributed by atoms with Crippen LogP contribution in [0.1, 0.15) is 19.2 Å². The molecule has 3 aromatic rings. The summed E-state index contributed by atoms with van der Waals surface area (Å²) in [6, 6.07) is 18.2. The first-order valence-electron chi connectivity index (χ1n) is 7.28. The van der Waals surface area contributed by atoms with Crippen molar-refractivity contribution in [1.82, 2.24) is 0 Å². The van der Waals surface area contributed by atoms with Crippen LogP contribution in [0.4, 0.5) is 5.69 Å². The Hall–Kier alpha value is -2.55. The molecule has 0 fully saturated rings. The minimum absolute atomic E-state index is 0.862. The molecule has 0 saturated heterocycles. The molecule has 0 atom stereocenters. The van der Waals surface area contributed by atoms with Crippen LogP contribution in [0.2, 0.25) is 0 Å². The van der Waals surface area contributed by atoms with E-state index in [1.54, 1.807) is 0 Å². The van der Waals surface area contributed by atoms with Crippen LogP contribution in [-0.2, 0) is 6.54 Å². The van der Waals surface area contributed by atoms with E-state index in [1.165, 1.54) is 0 Å². The largest absolute Gasteiger partial charge is 0.398 e. The Balaban J connectivity index is 1.87. The number of hydrogen-bond acceptors (Lipinski definition) is 2. The van der Waals surface area contributed by atoms with Crippen LogP contribution >= 0.6 is 0 Å². The van der Waals surface area contributed by atoms with E-state index in [0.29, 0.717) is 0 Å². The second-order valence-corrected chi connectivity index (χ2v) is 4.90. The van der Waals surface area contributed by atoms with Crippen molar-refractivity contribution in [1.29, 1.82) is 0 Å². The van der Waals surface area contributed by atoms with Gasteiger partial charge in [-0.05, 0) is 18.2 Å². The zero-order valence-electron chi connectivity index (χ0n) is 12.1. The van der Waals surface area contributed by atoms with Crippen LogP contribution < -0.4 is 9.88 Å². The number of nitrogens with one attached hydrogen (secondary N) is 1. The Morgan fingerprint density at radius 3 is 2.62 bits per heavy atom. The minimum atomic E-state index is 0.862. The number of anilines is 1. The normalized spacial score (nSPS) is 11.3. The lowest BCUT2D eigenvalue weighted by Crippen LogP contribution is -2.34. The van der Waals surface area contributed by atoms with E-state index in [2.05, 4.69) is 22.9 Å². The lowest BCUT2D eigenvalue weighted by Gasteiger charge is -1.97. The second-order valence-electron chi connectivity index (χ2n) is 4.90. The Kier molecular flexibility index (Phi) is 4.01. The van der Waals surface area contributed by atoms with Crippen LogP contribution in [0, 0.1) is 0 Å². The number of para-hydroxylation sites is 3. The van der Waals surface area contributed by atoms with Gasteiger partial charge in [-0.15, -0.1) is 0 Å². The molecular formula is C18H19N2O+. The van der Waals surface area contributed by atoms with Crippen molar-refractivity contribution in [2.24, 2.45) is 0 Å². The van der Waals surface area contributed by atoms with Gasteiger partial charge in [0, 0.05) is 24.4 Å². The summed E-state index contributed by atoms with van der Waals surface area (Å²) in [4.78, 5) is 0. The highest BCUT2D eigenvalue weighted by molar-refractivity contribution is 5.69. The molecule has 0 radical (unpaired) electrons. The maximum atomic E-state index is 5.93. The molecule has 0 aliphatic carbocycles. The van der Waals surface area contributed by atoms with Crippen molar-refractivity contribution in [2.75, 3.05) is 5.32 Å². The molecule has 0 saturated carbocycles. The molecule has 0 bridgehead atoms. The summed E-state index contributed by atoms with van der Waals surface area (Å²) in [7, 11) is 0. The number of oxazole rings is 1. The Bertz CT molecular complexity index is 744. The lowest BCUT2D eigenvalue weighted by atomic mass is 10.3. The standard InChI is InChI=1S/C18H18N2O/c1-2-14-20-16-10-6-7-11-17(16)21-18(20)12-13-19-15-8-4-3-5-9-15/h3-13H,2,14H2,1H3/p+1. The van der Waals surface area contributed by atoms with Crippen molar-refractivity contribution >= 4 is 22.9 Å². The smallest absolute Gasteiger partial charge is 0.375 e. The molecule has 3 nitrogen and oxygen atoms in total. The number of fused-ring (bicyclic) bond motifs is 1. The molecule has 2 aromatic carbocycles. The van der Waals surface area contributed by atoms with Gasteiger partial charge in [0.15, 0.2) is 6.54 Å². The summed E-state index contributed by atoms with van der Waals surface area (Å²) in [6.45, 7) is 3.12. The van der Waals surface area contributed by atoms with Gasteiger partial charge in [0.25, 0.3) is 5.52 Å². The van der Waals surface area contributed by atoms with Crippen LogP contribution in [0.5, 0.6) is 0 Å².